The van der Waals surface area contributed by atoms with Gasteiger partial charge < -0.3 is 16.0 Å². The number of nitrogen functional groups attached to an aromatic ring is 1. The molecule has 19 heavy (non-hydrogen) atoms. The van der Waals surface area contributed by atoms with Crippen molar-refractivity contribution in [1.29, 1.82) is 0 Å². The maximum atomic E-state index is 11.8. The Labute approximate surface area is 119 Å². The first-order valence-electron chi connectivity index (χ1n) is 6.17. The van der Waals surface area contributed by atoms with E-state index in [0.717, 1.165) is 12.2 Å². The first-order valence-corrected chi connectivity index (χ1v) is 7.39. The quantitative estimate of drug-likeness (QED) is 0.814. The van der Waals surface area contributed by atoms with E-state index in [9.17, 15) is 4.79 Å². The highest BCUT2D eigenvalue weighted by Gasteiger charge is 2.16. The maximum absolute atomic E-state index is 11.8. The molecule has 0 aromatic heterocycles. The molecule has 1 aromatic rings. The summed E-state index contributed by atoms with van der Waals surface area (Å²) in [6.07, 6.45) is 2.09. The second kappa shape index (κ2) is 6.19. The van der Waals surface area contributed by atoms with Gasteiger partial charge in [-0.15, -0.1) is 0 Å². The number of amides is 1. The normalized spacial score (nSPS) is 11.2. The predicted molar refractivity (Wildman–Crippen MR) is 85.0 cm³/mol. The summed E-state index contributed by atoms with van der Waals surface area (Å²) in [5, 5.41) is 3.33. The van der Waals surface area contributed by atoms with Crippen LogP contribution in [0.1, 0.15) is 24.2 Å². The zero-order valence-electron chi connectivity index (χ0n) is 12.3. The average Bonchev–Trinajstić information content (AvgIpc) is 2.36. The standard InChI is InChI=1S/C14H23N3OS/c1-14(2,19-5)9-16-12-7-6-10(8-11(12)15)13(18)17(3)4/h6-8,16H,9,15H2,1-5H3. The average molecular weight is 281 g/mol. The number of nitrogens with one attached hydrogen (secondary N) is 1. The number of thioether (sulfide) groups is 1. The van der Waals surface area contributed by atoms with Gasteiger partial charge in [0, 0.05) is 31.0 Å². The minimum atomic E-state index is -0.0392. The van der Waals surface area contributed by atoms with E-state index in [1.165, 1.54) is 0 Å². The lowest BCUT2D eigenvalue weighted by molar-refractivity contribution is 0.0827. The molecule has 0 fully saturated rings. The Morgan fingerprint density at radius 3 is 2.53 bits per heavy atom. The molecular weight excluding hydrogens is 258 g/mol. The Morgan fingerprint density at radius 1 is 1.42 bits per heavy atom. The lowest BCUT2D eigenvalue weighted by Crippen LogP contribution is -2.26. The fourth-order valence-corrected chi connectivity index (χ4v) is 1.71. The summed E-state index contributed by atoms with van der Waals surface area (Å²) < 4.78 is 0.143. The molecule has 0 radical (unpaired) electrons. The molecule has 1 aromatic carbocycles. The van der Waals surface area contributed by atoms with Crippen molar-refractivity contribution in [1.82, 2.24) is 4.90 Å². The van der Waals surface area contributed by atoms with Gasteiger partial charge in [-0.3, -0.25) is 4.79 Å². The SMILES string of the molecule is CSC(C)(C)CNc1ccc(C(=O)N(C)C)cc1N. The van der Waals surface area contributed by atoms with Gasteiger partial charge in [-0.05, 0) is 38.3 Å². The van der Waals surface area contributed by atoms with Crippen LogP contribution in [-0.2, 0) is 0 Å². The van der Waals surface area contributed by atoms with Crippen LogP contribution >= 0.6 is 11.8 Å². The minimum absolute atomic E-state index is 0.0392. The number of carbonyl (C=O) groups is 1. The number of nitrogens with two attached hydrogens (primary N) is 1. The van der Waals surface area contributed by atoms with Gasteiger partial charge in [0.05, 0.1) is 11.4 Å². The Kier molecular flexibility index (Phi) is 5.11. The summed E-state index contributed by atoms with van der Waals surface area (Å²) >= 11 is 1.80. The molecule has 0 aliphatic heterocycles. The molecule has 0 aliphatic carbocycles. The van der Waals surface area contributed by atoms with Crippen molar-refractivity contribution in [2.75, 3.05) is 37.9 Å². The number of nitrogens with zero attached hydrogens (tertiary/aromatic N) is 1. The van der Waals surface area contributed by atoms with E-state index in [1.807, 2.05) is 6.07 Å². The second-order valence-electron chi connectivity index (χ2n) is 5.32. The van der Waals surface area contributed by atoms with Crippen molar-refractivity contribution in [3.8, 4) is 0 Å². The van der Waals surface area contributed by atoms with Crippen LogP contribution < -0.4 is 11.1 Å². The Hall–Kier alpha value is -1.36. The van der Waals surface area contributed by atoms with Crippen molar-refractivity contribution >= 4 is 29.0 Å². The molecule has 1 amide bonds. The Morgan fingerprint density at radius 2 is 2.05 bits per heavy atom. The number of hydrogen-bond acceptors (Lipinski definition) is 4. The second-order valence-corrected chi connectivity index (χ2v) is 6.83. The number of carbonyl (C=O) groups excluding carboxylic acids is 1. The highest BCUT2D eigenvalue weighted by atomic mass is 32.2. The third-order valence-electron chi connectivity index (χ3n) is 2.96. The van der Waals surface area contributed by atoms with Gasteiger partial charge in [0.2, 0.25) is 0 Å². The third-order valence-corrected chi connectivity index (χ3v) is 4.21. The predicted octanol–water partition coefficient (Wildman–Crippen LogP) is 2.52. The fourth-order valence-electron chi connectivity index (χ4n) is 1.50. The van der Waals surface area contributed by atoms with Crippen molar-refractivity contribution in [2.45, 2.75) is 18.6 Å². The van der Waals surface area contributed by atoms with E-state index in [0.29, 0.717) is 11.3 Å². The molecule has 0 aliphatic rings. The molecule has 0 heterocycles. The van der Waals surface area contributed by atoms with E-state index < -0.39 is 0 Å². The fraction of sp³-hybridized carbons (Fsp3) is 0.500. The molecule has 106 valence electrons. The van der Waals surface area contributed by atoms with Crippen LogP contribution in [0.2, 0.25) is 0 Å². The third kappa shape index (κ3) is 4.35. The van der Waals surface area contributed by atoms with Gasteiger partial charge in [-0.1, -0.05) is 0 Å². The van der Waals surface area contributed by atoms with Gasteiger partial charge in [-0.2, -0.15) is 11.8 Å². The molecule has 1 rings (SSSR count). The number of rotatable bonds is 5. The molecule has 0 unspecified atom stereocenters. The molecule has 0 saturated heterocycles. The van der Waals surface area contributed by atoms with E-state index in [1.54, 1.807) is 42.9 Å². The highest BCUT2D eigenvalue weighted by molar-refractivity contribution is 7.99. The monoisotopic (exact) mass is 281 g/mol. The number of hydrogen-bond donors (Lipinski definition) is 2. The Balaban J connectivity index is 2.81. The van der Waals surface area contributed by atoms with Gasteiger partial charge >= 0.3 is 0 Å². The van der Waals surface area contributed by atoms with E-state index in [-0.39, 0.29) is 10.7 Å². The van der Waals surface area contributed by atoms with Crippen molar-refractivity contribution in [3.05, 3.63) is 23.8 Å². The van der Waals surface area contributed by atoms with Crippen LogP contribution in [0, 0.1) is 0 Å². The van der Waals surface area contributed by atoms with Gasteiger partial charge in [0.15, 0.2) is 0 Å². The number of benzene rings is 1. The van der Waals surface area contributed by atoms with Gasteiger partial charge in [0.25, 0.3) is 5.91 Å². The summed E-state index contributed by atoms with van der Waals surface area (Å²) in [6, 6.07) is 5.38. The first kappa shape index (κ1) is 15.7. The lowest BCUT2D eigenvalue weighted by Gasteiger charge is -2.23. The van der Waals surface area contributed by atoms with E-state index in [4.69, 9.17) is 5.73 Å². The number of anilines is 2. The summed E-state index contributed by atoms with van der Waals surface area (Å²) in [5.41, 5.74) is 8.07. The molecule has 0 spiro atoms. The molecule has 0 atom stereocenters. The minimum Gasteiger partial charge on any atom is -0.397 e. The summed E-state index contributed by atoms with van der Waals surface area (Å²) in [6.45, 7) is 5.16. The van der Waals surface area contributed by atoms with Crippen LogP contribution in [0.5, 0.6) is 0 Å². The smallest absolute Gasteiger partial charge is 0.253 e. The lowest BCUT2D eigenvalue weighted by atomic mass is 10.1. The van der Waals surface area contributed by atoms with Gasteiger partial charge in [0.1, 0.15) is 0 Å². The van der Waals surface area contributed by atoms with E-state index >= 15 is 0 Å². The maximum Gasteiger partial charge on any atom is 0.253 e. The van der Waals surface area contributed by atoms with Crippen LogP contribution in [0.3, 0.4) is 0 Å². The van der Waals surface area contributed by atoms with E-state index in [2.05, 4.69) is 25.4 Å². The van der Waals surface area contributed by atoms with Crippen molar-refractivity contribution < 1.29 is 4.79 Å². The largest absolute Gasteiger partial charge is 0.397 e. The summed E-state index contributed by atoms with van der Waals surface area (Å²) in [7, 11) is 3.46. The topological polar surface area (TPSA) is 58.4 Å². The van der Waals surface area contributed by atoms with Crippen LogP contribution in [0.25, 0.3) is 0 Å². The molecular formula is C14H23N3OS. The summed E-state index contributed by atoms with van der Waals surface area (Å²) in [5.74, 6) is -0.0392. The first-order chi connectivity index (χ1) is 8.76. The Bertz CT molecular complexity index is 458. The molecule has 0 bridgehead atoms. The molecule has 5 heteroatoms. The molecule has 4 nitrogen and oxygen atoms in total. The van der Waals surface area contributed by atoms with Crippen LogP contribution in [-0.4, -0.2) is 42.4 Å². The van der Waals surface area contributed by atoms with Gasteiger partial charge in [-0.25, -0.2) is 0 Å². The zero-order valence-corrected chi connectivity index (χ0v) is 13.1. The molecule has 3 N–H and O–H groups in total. The summed E-state index contributed by atoms with van der Waals surface area (Å²) in [4.78, 5) is 13.4. The van der Waals surface area contributed by atoms with Crippen LogP contribution in [0.4, 0.5) is 11.4 Å². The zero-order chi connectivity index (χ0) is 14.6. The highest BCUT2D eigenvalue weighted by Crippen LogP contribution is 2.25. The van der Waals surface area contributed by atoms with Crippen molar-refractivity contribution in [2.24, 2.45) is 0 Å². The molecule has 0 saturated carbocycles. The van der Waals surface area contributed by atoms with Crippen LogP contribution in [0.15, 0.2) is 18.2 Å². The van der Waals surface area contributed by atoms with Crippen molar-refractivity contribution in [3.63, 3.8) is 0 Å².